The van der Waals surface area contributed by atoms with Crippen LogP contribution in [0.3, 0.4) is 0 Å². The van der Waals surface area contributed by atoms with E-state index in [1.807, 2.05) is 31.2 Å². The number of para-hydroxylation sites is 1. The molecule has 1 unspecified atom stereocenters. The molecular weight excluding hydrogens is 406 g/mol. The number of thiazole rings is 1. The third-order valence-corrected chi connectivity index (χ3v) is 6.23. The normalized spacial score (nSPS) is 12.3. The van der Waals surface area contributed by atoms with Crippen LogP contribution >= 0.6 is 11.3 Å². The second-order valence-electron chi connectivity index (χ2n) is 7.18. The number of halogens is 2. The van der Waals surface area contributed by atoms with E-state index in [1.54, 1.807) is 25.2 Å². The minimum atomic E-state index is -0.739. The summed E-state index contributed by atoms with van der Waals surface area (Å²) in [6.07, 6.45) is 0. The summed E-state index contributed by atoms with van der Waals surface area (Å²) in [5, 5.41) is 8.17. The van der Waals surface area contributed by atoms with Gasteiger partial charge in [-0.05, 0) is 38.1 Å². The molecule has 0 aliphatic carbocycles. The SMILES string of the molecule is Cc1nn(-c2ccc(F)cc2F)c(C)c1C(=O)NCC(C)c1nc2ccccc2s1. The largest absolute Gasteiger partial charge is 0.351 e. The van der Waals surface area contributed by atoms with Crippen molar-refractivity contribution in [2.24, 2.45) is 0 Å². The summed E-state index contributed by atoms with van der Waals surface area (Å²) in [7, 11) is 0. The maximum absolute atomic E-state index is 14.2. The van der Waals surface area contributed by atoms with E-state index in [9.17, 15) is 13.6 Å². The smallest absolute Gasteiger partial charge is 0.255 e. The fraction of sp³-hybridized carbons (Fsp3) is 0.227. The molecule has 2 aromatic carbocycles. The first-order valence-corrected chi connectivity index (χ1v) is 10.3. The van der Waals surface area contributed by atoms with Gasteiger partial charge in [-0.25, -0.2) is 18.4 Å². The number of nitrogens with zero attached hydrogens (tertiary/aromatic N) is 3. The summed E-state index contributed by atoms with van der Waals surface area (Å²) in [5.74, 6) is -1.65. The van der Waals surface area contributed by atoms with Crippen molar-refractivity contribution in [2.75, 3.05) is 6.54 Å². The summed E-state index contributed by atoms with van der Waals surface area (Å²) in [4.78, 5) is 17.5. The molecule has 0 radical (unpaired) electrons. The maximum atomic E-state index is 14.2. The van der Waals surface area contributed by atoms with Crippen LogP contribution in [0.25, 0.3) is 15.9 Å². The number of hydrogen-bond acceptors (Lipinski definition) is 4. The number of aromatic nitrogens is 3. The van der Waals surface area contributed by atoms with Gasteiger partial charge in [0.05, 0.1) is 32.2 Å². The number of carbonyl (C=O) groups is 1. The summed E-state index contributed by atoms with van der Waals surface area (Å²) in [6, 6.07) is 11.2. The molecule has 154 valence electrons. The molecule has 1 N–H and O–H groups in total. The van der Waals surface area contributed by atoms with Gasteiger partial charge in [-0.15, -0.1) is 11.3 Å². The predicted octanol–water partition coefficient (Wildman–Crippen LogP) is 4.91. The molecule has 0 saturated heterocycles. The van der Waals surface area contributed by atoms with Gasteiger partial charge in [0.2, 0.25) is 0 Å². The van der Waals surface area contributed by atoms with Crippen LogP contribution in [0, 0.1) is 25.5 Å². The van der Waals surface area contributed by atoms with Crippen molar-refractivity contribution in [3.63, 3.8) is 0 Å². The van der Waals surface area contributed by atoms with E-state index < -0.39 is 11.6 Å². The zero-order valence-electron chi connectivity index (χ0n) is 16.7. The molecule has 2 aromatic heterocycles. The van der Waals surface area contributed by atoms with Crippen molar-refractivity contribution < 1.29 is 13.6 Å². The van der Waals surface area contributed by atoms with Crippen molar-refractivity contribution in [2.45, 2.75) is 26.7 Å². The van der Waals surface area contributed by atoms with Crippen LogP contribution in [-0.4, -0.2) is 27.2 Å². The van der Waals surface area contributed by atoms with Gasteiger partial charge >= 0.3 is 0 Å². The van der Waals surface area contributed by atoms with E-state index in [0.29, 0.717) is 23.5 Å². The Morgan fingerprint density at radius 1 is 1.20 bits per heavy atom. The summed E-state index contributed by atoms with van der Waals surface area (Å²) < 4.78 is 29.8. The lowest BCUT2D eigenvalue weighted by molar-refractivity contribution is 0.0950. The summed E-state index contributed by atoms with van der Waals surface area (Å²) >= 11 is 1.61. The van der Waals surface area contributed by atoms with Gasteiger partial charge in [0.15, 0.2) is 5.82 Å². The Labute approximate surface area is 176 Å². The highest BCUT2D eigenvalue weighted by atomic mass is 32.1. The lowest BCUT2D eigenvalue weighted by Crippen LogP contribution is -2.28. The van der Waals surface area contributed by atoms with Crippen LogP contribution in [0.2, 0.25) is 0 Å². The summed E-state index contributed by atoms with van der Waals surface area (Å²) in [6.45, 7) is 5.80. The molecule has 0 aliphatic rings. The third kappa shape index (κ3) is 3.70. The van der Waals surface area contributed by atoms with E-state index in [0.717, 1.165) is 27.4 Å². The number of carbonyl (C=O) groups excluding carboxylic acids is 1. The molecular formula is C22H20F2N4OS. The summed E-state index contributed by atoms with van der Waals surface area (Å²) in [5.41, 5.74) is 2.39. The fourth-order valence-electron chi connectivity index (χ4n) is 3.38. The molecule has 4 rings (SSSR count). The van der Waals surface area contributed by atoms with Crippen molar-refractivity contribution in [3.05, 3.63) is 76.1 Å². The van der Waals surface area contributed by atoms with Gasteiger partial charge in [0.25, 0.3) is 5.91 Å². The van der Waals surface area contributed by atoms with E-state index >= 15 is 0 Å². The molecule has 0 fully saturated rings. The van der Waals surface area contributed by atoms with Gasteiger partial charge in [-0.3, -0.25) is 4.79 Å². The Balaban J connectivity index is 1.52. The first-order chi connectivity index (χ1) is 14.3. The number of benzene rings is 2. The highest BCUT2D eigenvalue weighted by molar-refractivity contribution is 7.18. The highest BCUT2D eigenvalue weighted by Crippen LogP contribution is 2.27. The standard InChI is InChI=1S/C22H20F2N4OS/c1-12(22-26-17-6-4-5-7-19(17)30-22)11-25-21(29)20-13(2)27-28(14(20)3)18-9-8-15(23)10-16(18)24/h4-10,12H,11H2,1-3H3,(H,25,29). The van der Waals surface area contributed by atoms with E-state index in [-0.39, 0.29) is 17.5 Å². The van der Waals surface area contributed by atoms with E-state index in [4.69, 9.17) is 0 Å². The van der Waals surface area contributed by atoms with Gasteiger partial charge in [-0.2, -0.15) is 5.10 Å². The number of hydrogen-bond donors (Lipinski definition) is 1. The molecule has 0 bridgehead atoms. The molecule has 8 heteroatoms. The molecule has 1 atom stereocenters. The molecule has 2 heterocycles. The van der Waals surface area contributed by atoms with Crippen molar-refractivity contribution in [1.82, 2.24) is 20.1 Å². The van der Waals surface area contributed by atoms with Crippen molar-refractivity contribution >= 4 is 27.5 Å². The number of nitrogens with one attached hydrogen (secondary N) is 1. The zero-order chi connectivity index (χ0) is 21.4. The van der Waals surface area contributed by atoms with Crippen LogP contribution in [0.1, 0.15) is 39.6 Å². The van der Waals surface area contributed by atoms with E-state index in [2.05, 4.69) is 15.4 Å². The monoisotopic (exact) mass is 426 g/mol. The van der Waals surface area contributed by atoms with Crippen LogP contribution in [-0.2, 0) is 0 Å². The van der Waals surface area contributed by atoms with Crippen LogP contribution in [0.15, 0.2) is 42.5 Å². The number of aryl methyl sites for hydroxylation is 1. The van der Waals surface area contributed by atoms with Gasteiger partial charge in [0, 0.05) is 18.5 Å². The van der Waals surface area contributed by atoms with E-state index in [1.165, 1.54) is 10.7 Å². The Hall–Kier alpha value is -3.13. The number of rotatable bonds is 5. The molecule has 4 aromatic rings. The highest BCUT2D eigenvalue weighted by Gasteiger charge is 2.22. The lowest BCUT2D eigenvalue weighted by Gasteiger charge is -2.11. The molecule has 5 nitrogen and oxygen atoms in total. The first kappa shape index (κ1) is 20.2. The van der Waals surface area contributed by atoms with Gasteiger partial charge < -0.3 is 5.32 Å². The third-order valence-electron chi connectivity index (χ3n) is 4.96. The Morgan fingerprint density at radius 3 is 2.70 bits per heavy atom. The van der Waals surface area contributed by atoms with Gasteiger partial charge in [0.1, 0.15) is 11.5 Å². The number of fused-ring (bicyclic) bond motifs is 1. The Bertz CT molecular complexity index is 1210. The van der Waals surface area contributed by atoms with Crippen LogP contribution in [0.4, 0.5) is 8.78 Å². The molecule has 1 amide bonds. The van der Waals surface area contributed by atoms with Crippen molar-refractivity contribution in [1.29, 1.82) is 0 Å². The molecule has 0 saturated carbocycles. The lowest BCUT2D eigenvalue weighted by atomic mass is 10.1. The topological polar surface area (TPSA) is 59.8 Å². The minimum Gasteiger partial charge on any atom is -0.351 e. The average Bonchev–Trinajstić information content (AvgIpc) is 3.27. The average molecular weight is 426 g/mol. The second-order valence-corrected chi connectivity index (χ2v) is 8.25. The predicted molar refractivity (Wildman–Crippen MR) is 113 cm³/mol. The van der Waals surface area contributed by atoms with Crippen molar-refractivity contribution in [3.8, 4) is 5.69 Å². The quantitative estimate of drug-likeness (QED) is 0.493. The number of amides is 1. The minimum absolute atomic E-state index is 0.0385. The molecule has 0 aliphatic heterocycles. The molecule has 30 heavy (non-hydrogen) atoms. The zero-order valence-corrected chi connectivity index (χ0v) is 17.6. The molecule has 0 spiro atoms. The Kier molecular flexibility index (Phi) is 5.34. The van der Waals surface area contributed by atoms with Gasteiger partial charge in [-0.1, -0.05) is 19.1 Å². The first-order valence-electron chi connectivity index (χ1n) is 9.50. The van der Waals surface area contributed by atoms with Crippen LogP contribution < -0.4 is 5.32 Å². The maximum Gasteiger partial charge on any atom is 0.255 e. The second kappa shape index (κ2) is 7.95. The fourth-order valence-corrected chi connectivity index (χ4v) is 4.40. The van der Waals surface area contributed by atoms with Crippen LogP contribution in [0.5, 0.6) is 0 Å². The Morgan fingerprint density at radius 2 is 1.97 bits per heavy atom.